The number of hydrogen-bond donors (Lipinski definition) is 2. The second-order valence-electron chi connectivity index (χ2n) is 5.91. The summed E-state index contributed by atoms with van der Waals surface area (Å²) in [6.45, 7) is 3.14. The van der Waals surface area contributed by atoms with Gasteiger partial charge in [0.15, 0.2) is 5.96 Å². The van der Waals surface area contributed by atoms with Crippen molar-refractivity contribution in [1.29, 1.82) is 0 Å². The van der Waals surface area contributed by atoms with Gasteiger partial charge in [0, 0.05) is 25.6 Å². The van der Waals surface area contributed by atoms with Crippen LogP contribution in [0.15, 0.2) is 52.2 Å². The number of guanidine groups is 1. The Morgan fingerprint density at radius 3 is 2.82 bits per heavy atom. The molecule has 116 valence electrons. The Kier molecular flexibility index (Phi) is 4.78. The molecular weight excluding hydrogens is 290 g/mol. The van der Waals surface area contributed by atoms with Crippen LogP contribution in [0.3, 0.4) is 0 Å². The molecule has 0 saturated heterocycles. The van der Waals surface area contributed by atoms with E-state index in [2.05, 4.69) is 69.7 Å². The van der Waals surface area contributed by atoms with Crippen LogP contribution in [0.4, 0.5) is 0 Å². The lowest BCUT2D eigenvalue weighted by molar-refractivity contribution is 0.697. The van der Waals surface area contributed by atoms with Crippen molar-refractivity contribution in [2.45, 2.75) is 31.2 Å². The quantitative estimate of drug-likeness (QED) is 0.654. The number of nitrogens with one attached hydrogen (secondary N) is 2. The molecule has 2 N–H and O–H groups in total. The van der Waals surface area contributed by atoms with Crippen LogP contribution >= 0.6 is 11.3 Å². The summed E-state index contributed by atoms with van der Waals surface area (Å²) in [5.41, 5.74) is 2.81. The molecule has 0 aliphatic heterocycles. The average molecular weight is 313 g/mol. The third kappa shape index (κ3) is 3.69. The fraction of sp³-hybridized carbons (Fsp3) is 0.389. The molecule has 4 heteroatoms. The normalized spacial score (nSPS) is 22.2. The van der Waals surface area contributed by atoms with Gasteiger partial charge < -0.3 is 10.6 Å². The zero-order valence-electron chi connectivity index (χ0n) is 13.1. The lowest BCUT2D eigenvalue weighted by Crippen LogP contribution is -2.40. The molecule has 3 unspecified atom stereocenters. The van der Waals surface area contributed by atoms with E-state index in [0.717, 1.165) is 12.5 Å². The molecule has 3 rings (SSSR count). The van der Waals surface area contributed by atoms with Crippen LogP contribution in [0.2, 0.25) is 0 Å². The Hall–Kier alpha value is -1.81. The Morgan fingerprint density at radius 1 is 1.32 bits per heavy atom. The highest BCUT2D eigenvalue weighted by atomic mass is 32.1. The highest BCUT2D eigenvalue weighted by molar-refractivity contribution is 7.07. The van der Waals surface area contributed by atoms with Gasteiger partial charge in [-0.25, -0.2) is 0 Å². The third-order valence-corrected chi connectivity index (χ3v) is 4.95. The van der Waals surface area contributed by atoms with Crippen molar-refractivity contribution >= 4 is 17.3 Å². The minimum Gasteiger partial charge on any atom is -0.356 e. The van der Waals surface area contributed by atoms with Crippen molar-refractivity contribution in [3.63, 3.8) is 0 Å². The van der Waals surface area contributed by atoms with Crippen LogP contribution in [0, 0.1) is 0 Å². The summed E-state index contributed by atoms with van der Waals surface area (Å²) in [6.07, 6.45) is 1.19. The lowest BCUT2D eigenvalue weighted by Gasteiger charge is -2.15. The first-order valence-electron chi connectivity index (χ1n) is 7.82. The van der Waals surface area contributed by atoms with E-state index < -0.39 is 0 Å². The molecule has 1 aromatic heterocycles. The van der Waals surface area contributed by atoms with E-state index in [-0.39, 0.29) is 0 Å². The molecule has 0 radical (unpaired) electrons. The predicted molar refractivity (Wildman–Crippen MR) is 94.8 cm³/mol. The first-order chi connectivity index (χ1) is 10.8. The standard InChI is InChI=1S/C18H23N3S/c1-13(15-8-9-22-12-15)11-20-18(19-2)21-17-10-16(17)14-6-4-3-5-7-14/h3-9,12-13,16-17H,10-11H2,1-2H3,(H2,19,20,21). The number of nitrogens with zero attached hydrogens (tertiary/aromatic N) is 1. The van der Waals surface area contributed by atoms with Crippen LogP contribution < -0.4 is 10.6 Å². The van der Waals surface area contributed by atoms with E-state index in [9.17, 15) is 0 Å². The van der Waals surface area contributed by atoms with Crippen LogP contribution in [-0.4, -0.2) is 25.6 Å². The first kappa shape index (κ1) is 15.1. The summed E-state index contributed by atoms with van der Waals surface area (Å²) in [7, 11) is 1.84. The fourth-order valence-corrected chi connectivity index (χ4v) is 3.50. The van der Waals surface area contributed by atoms with E-state index in [1.165, 1.54) is 17.5 Å². The maximum atomic E-state index is 4.35. The van der Waals surface area contributed by atoms with Gasteiger partial charge in [0.1, 0.15) is 0 Å². The van der Waals surface area contributed by atoms with Gasteiger partial charge in [-0.05, 0) is 40.3 Å². The molecule has 1 aliphatic rings. The predicted octanol–water partition coefficient (Wildman–Crippen LogP) is 3.57. The smallest absolute Gasteiger partial charge is 0.191 e. The number of aliphatic imine (C=N–C) groups is 1. The highest BCUT2D eigenvalue weighted by Gasteiger charge is 2.38. The van der Waals surface area contributed by atoms with Gasteiger partial charge in [-0.3, -0.25) is 4.99 Å². The maximum absolute atomic E-state index is 4.35. The van der Waals surface area contributed by atoms with Gasteiger partial charge in [0.05, 0.1) is 0 Å². The molecule has 1 aliphatic carbocycles. The van der Waals surface area contributed by atoms with Crippen LogP contribution in [0.25, 0.3) is 0 Å². The minimum absolute atomic E-state index is 0.494. The topological polar surface area (TPSA) is 36.4 Å². The zero-order chi connectivity index (χ0) is 15.4. The molecule has 1 saturated carbocycles. The average Bonchev–Trinajstić information content (AvgIpc) is 3.10. The van der Waals surface area contributed by atoms with Gasteiger partial charge >= 0.3 is 0 Å². The van der Waals surface area contributed by atoms with E-state index in [1.54, 1.807) is 11.3 Å². The van der Waals surface area contributed by atoms with Crippen LogP contribution in [0.5, 0.6) is 0 Å². The molecule has 0 spiro atoms. The number of thiophene rings is 1. The van der Waals surface area contributed by atoms with Crippen molar-refractivity contribution in [2.75, 3.05) is 13.6 Å². The third-order valence-electron chi connectivity index (χ3n) is 4.25. The van der Waals surface area contributed by atoms with Crippen molar-refractivity contribution < 1.29 is 0 Å². The minimum atomic E-state index is 0.494. The number of benzene rings is 1. The number of hydrogen-bond acceptors (Lipinski definition) is 2. The van der Waals surface area contributed by atoms with Crippen molar-refractivity contribution in [3.8, 4) is 0 Å². The summed E-state index contributed by atoms with van der Waals surface area (Å²) < 4.78 is 0. The highest BCUT2D eigenvalue weighted by Crippen LogP contribution is 2.40. The molecular formula is C18H23N3S. The van der Waals surface area contributed by atoms with Gasteiger partial charge in [-0.1, -0.05) is 37.3 Å². The maximum Gasteiger partial charge on any atom is 0.191 e. The van der Waals surface area contributed by atoms with Crippen molar-refractivity contribution in [1.82, 2.24) is 10.6 Å². The molecule has 0 amide bonds. The lowest BCUT2D eigenvalue weighted by atomic mass is 10.1. The zero-order valence-corrected chi connectivity index (χ0v) is 13.9. The van der Waals surface area contributed by atoms with Crippen LogP contribution in [-0.2, 0) is 0 Å². The Morgan fingerprint density at radius 2 is 2.14 bits per heavy atom. The molecule has 0 bridgehead atoms. The van der Waals surface area contributed by atoms with Gasteiger partial charge in [-0.2, -0.15) is 11.3 Å². The number of rotatable bonds is 5. The summed E-state index contributed by atoms with van der Waals surface area (Å²) in [5.74, 6) is 2.02. The Balaban J connectivity index is 1.48. The summed E-state index contributed by atoms with van der Waals surface area (Å²) in [4.78, 5) is 4.35. The molecule has 1 aromatic carbocycles. The Labute approximate surface area is 136 Å². The molecule has 22 heavy (non-hydrogen) atoms. The Bertz CT molecular complexity index is 607. The van der Waals surface area contributed by atoms with E-state index in [0.29, 0.717) is 17.9 Å². The van der Waals surface area contributed by atoms with Gasteiger partial charge in [0.2, 0.25) is 0 Å². The van der Waals surface area contributed by atoms with E-state index in [1.807, 2.05) is 7.05 Å². The molecule has 1 heterocycles. The second-order valence-corrected chi connectivity index (χ2v) is 6.69. The SMILES string of the molecule is CN=C(NCC(C)c1ccsc1)NC1CC1c1ccccc1. The van der Waals surface area contributed by atoms with Gasteiger partial charge in [-0.15, -0.1) is 0 Å². The summed E-state index contributed by atoms with van der Waals surface area (Å²) >= 11 is 1.75. The summed E-state index contributed by atoms with van der Waals surface area (Å²) in [5, 5.41) is 11.3. The molecule has 1 fully saturated rings. The van der Waals surface area contributed by atoms with Crippen molar-refractivity contribution in [3.05, 3.63) is 58.3 Å². The second kappa shape index (κ2) is 6.97. The van der Waals surface area contributed by atoms with Crippen molar-refractivity contribution in [2.24, 2.45) is 4.99 Å². The monoisotopic (exact) mass is 313 g/mol. The van der Waals surface area contributed by atoms with E-state index in [4.69, 9.17) is 0 Å². The van der Waals surface area contributed by atoms with E-state index >= 15 is 0 Å². The van der Waals surface area contributed by atoms with Crippen LogP contribution in [0.1, 0.15) is 36.3 Å². The first-order valence-corrected chi connectivity index (χ1v) is 8.76. The molecule has 2 aromatic rings. The largest absolute Gasteiger partial charge is 0.356 e. The molecule has 3 nitrogen and oxygen atoms in total. The fourth-order valence-electron chi connectivity index (χ4n) is 2.72. The molecule has 3 atom stereocenters. The van der Waals surface area contributed by atoms with Gasteiger partial charge in [0.25, 0.3) is 0 Å². The summed E-state index contributed by atoms with van der Waals surface area (Å²) in [6, 6.07) is 13.4.